The van der Waals surface area contributed by atoms with Gasteiger partial charge in [-0.3, -0.25) is 0 Å². The summed E-state index contributed by atoms with van der Waals surface area (Å²) in [6, 6.07) is 0. The van der Waals surface area contributed by atoms with Gasteiger partial charge in [-0.25, -0.2) is 0 Å². The Balaban J connectivity index is 2.86. The summed E-state index contributed by atoms with van der Waals surface area (Å²) in [5, 5.41) is 0. The maximum absolute atomic E-state index is 2.32. The Morgan fingerprint density at radius 3 is 1.67 bits per heavy atom. The van der Waals surface area contributed by atoms with Crippen molar-refractivity contribution >= 4 is 0 Å². The molecule has 0 radical (unpaired) electrons. The molecule has 52 valence electrons. The van der Waals surface area contributed by atoms with Gasteiger partial charge < -0.3 is 0 Å². The van der Waals surface area contributed by atoms with Gasteiger partial charge in [0.15, 0.2) is 0 Å². The molecule has 1 saturated carbocycles. The van der Waals surface area contributed by atoms with Crippen molar-refractivity contribution < 1.29 is 0 Å². The summed E-state index contributed by atoms with van der Waals surface area (Å²) in [5.41, 5.74) is 3.72. The fraction of sp³-hybridized carbons (Fsp3) is 0.778. The summed E-state index contributed by atoms with van der Waals surface area (Å²) in [4.78, 5) is 0. The van der Waals surface area contributed by atoms with Crippen molar-refractivity contribution in [3.63, 3.8) is 0 Å². The average molecular weight is 124 g/mol. The minimum absolute atomic E-state index is 0.527. The fourth-order valence-corrected chi connectivity index (χ4v) is 1.85. The Morgan fingerprint density at radius 2 is 1.67 bits per heavy atom. The fourth-order valence-electron chi connectivity index (χ4n) is 1.85. The molecule has 0 heterocycles. The largest absolute Gasteiger partial charge is 0.0764 e. The van der Waals surface area contributed by atoms with E-state index in [1.165, 1.54) is 5.57 Å². The molecule has 1 rings (SSSR count). The van der Waals surface area contributed by atoms with Crippen molar-refractivity contribution in [3.05, 3.63) is 11.1 Å². The summed E-state index contributed by atoms with van der Waals surface area (Å²) < 4.78 is 0. The minimum Gasteiger partial charge on any atom is -0.0764 e. The second-order valence-electron chi connectivity index (χ2n) is 3.86. The van der Waals surface area contributed by atoms with E-state index in [2.05, 4.69) is 34.6 Å². The quantitative estimate of drug-likeness (QED) is 0.435. The molecular formula is C9H16. The molecule has 0 aromatic rings. The molecule has 0 amide bonds. The lowest BCUT2D eigenvalue weighted by atomic mass is 10.1. The predicted molar refractivity (Wildman–Crippen MR) is 41.3 cm³/mol. The van der Waals surface area contributed by atoms with E-state index in [1.807, 2.05) is 0 Å². The summed E-state index contributed by atoms with van der Waals surface area (Å²) in [6.45, 7) is 11.4. The lowest BCUT2D eigenvalue weighted by Crippen LogP contribution is -1.84. The molecule has 0 aromatic heterocycles. The maximum Gasteiger partial charge on any atom is -0.00762 e. The van der Waals surface area contributed by atoms with Crippen LogP contribution in [0, 0.1) is 11.3 Å². The third-order valence-corrected chi connectivity index (χ3v) is 2.67. The van der Waals surface area contributed by atoms with Crippen molar-refractivity contribution in [2.75, 3.05) is 0 Å². The zero-order chi connectivity index (χ0) is 7.23. The molecule has 9 heavy (non-hydrogen) atoms. The van der Waals surface area contributed by atoms with Crippen LogP contribution >= 0.6 is 0 Å². The van der Waals surface area contributed by atoms with E-state index in [0.717, 1.165) is 5.92 Å². The zero-order valence-corrected chi connectivity index (χ0v) is 7.08. The van der Waals surface area contributed by atoms with Crippen molar-refractivity contribution in [1.29, 1.82) is 0 Å². The van der Waals surface area contributed by atoms with Crippen LogP contribution in [0.4, 0.5) is 0 Å². The average Bonchev–Trinajstić information content (AvgIpc) is 2.07. The normalized spacial score (nSPS) is 30.3. The smallest absolute Gasteiger partial charge is 0.00762 e. The van der Waals surface area contributed by atoms with Gasteiger partial charge in [0.05, 0.1) is 0 Å². The third kappa shape index (κ3) is 0.810. The molecule has 0 aliphatic heterocycles. The Morgan fingerprint density at radius 1 is 1.33 bits per heavy atom. The van der Waals surface area contributed by atoms with Gasteiger partial charge in [0.2, 0.25) is 0 Å². The van der Waals surface area contributed by atoms with Gasteiger partial charge in [0.1, 0.15) is 0 Å². The van der Waals surface area contributed by atoms with Crippen LogP contribution in [0.15, 0.2) is 11.1 Å². The summed E-state index contributed by atoms with van der Waals surface area (Å²) in [5.74, 6) is 0.836. The Bertz CT molecular complexity index is 157. The Kier molecular flexibility index (Phi) is 1.23. The van der Waals surface area contributed by atoms with Crippen LogP contribution in [-0.4, -0.2) is 0 Å². The van der Waals surface area contributed by atoms with Gasteiger partial charge in [-0.2, -0.15) is 0 Å². The molecule has 0 saturated heterocycles. The minimum atomic E-state index is 0.527. The van der Waals surface area contributed by atoms with Crippen LogP contribution in [0.25, 0.3) is 0 Å². The van der Waals surface area contributed by atoms with E-state index in [9.17, 15) is 0 Å². The Labute approximate surface area is 58.0 Å². The lowest BCUT2D eigenvalue weighted by molar-refractivity contribution is 0.595. The molecule has 1 fully saturated rings. The summed E-state index contributed by atoms with van der Waals surface area (Å²) in [7, 11) is 0. The number of hydrogen-bond donors (Lipinski definition) is 0. The molecule has 0 spiro atoms. The van der Waals surface area contributed by atoms with Gasteiger partial charge in [-0.15, -0.1) is 0 Å². The molecule has 0 nitrogen and oxygen atoms in total. The first-order valence-corrected chi connectivity index (χ1v) is 3.65. The molecule has 0 heteroatoms. The molecule has 0 aromatic carbocycles. The standard InChI is InChI=1S/C9H16/c1-6(2)8-7(3)9(8,4)5/h7H,1-5H3. The molecule has 1 unspecified atom stereocenters. The van der Waals surface area contributed by atoms with Gasteiger partial charge in [-0.05, 0) is 25.2 Å². The lowest BCUT2D eigenvalue weighted by Gasteiger charge is -1.94. The van der Waals surface area contributed by atoms with Gasteiger partial charge in [-0.1, -0.05) is 31.9 Å². The summed E-state index contributed by atoms with van der Waals surface area (Å²) in [6.07, 6.45) is 0. The SMILES string of the molecule is CC(C)=C1C(C)C1(C)C. The van der Waals surface area contributed by atoms with Crippen molar-refractivity contribution in [2.45, 2.75) is 34.6 Å². The first-order valence-electron chi connectivity index (χ1n) is 3.65. The first kappa shape index (κ1) is 6.85. The van der Waals surface area contributed by atoms with E-state index >= 15 is 0 Å². The molecule has 0 bridgehead atoms. The van der Waals surface area contributed by atoms with Gasteiger partial charge in [0, 0.05) is 0 Å². The topological polar surface area (TPSA) is 0 Å². The summed E-state index contributed by atoms with van der Waals surface area (Å²) >= 11 is 0. The van der Waals surface area contributed by atoms with Gasteiger partial charge in [0.25, 0.3) is 0 Å². The van der Waals surface area contributed by atoms with Crippen molar-refractivity contribution in [1.82, 2.24) is 0 Å². The molecule has 0 N–H and O–H groups in total. The Hall–Kier alpha value is -0.260. The molecular weight excluding hydrogens is 108 g/mol. The van der Waals surface area contributed by atoms with E-state index < -0.39 is 0 Å². The first-order chi connectivity index (χ1) is 3.98. The van der Waals surface area contributed by atoms with Crippen LogP contribution in [0.1, 0.15) is 34.6 Å². The molecule has 1 atom stereocenters. The molecule has 1 aliphatic rings. The maximum atomic E-state index is 2.32. The second kappa shape index (κ2) is 1.62. The van der Waals surface area contributed by atoms with E-state index in [4.69, 9.17) is 0 Å². The third-order valence-electron chi connectivity index (χ3n) is 2.67. The van der Waals surface area contributed by atoms with Gasteiger partial charge >= 0.3 is 0 Å². The van der Waals surface area contributed by atoms with E-state index in [0.29, 0.717) is 5.41 Å². The predicted octanol–water partition coefficient (Wildman–Crippen LogP) is 3.00. The number of hydrogen-bond acceptors (Lipinski definition) is 0. The van der Waals surface area contributed by atoms with Crippen molar-refractivity contribution in [2.24, 2.45) is 11.3 Å². The van der Waals surface area contributed by atoms with Crippen LogP contribution < -0.4 is 0 Å². The highest BCUT2D eigenvalue weighted by Gasteiger charge is 2.48. The van der Waals surface area contributed by atoms with Crippen LogP contribution in [0.3, 0.4) is 0 Å². The zero-order valence-electron chi connectivity index (χ0n) is 7.08. The highest BCUT2D eigenvalue weighted by Crippen LogP contribution is 2.58. The molecule has 1 aliphatic carbocycles. The highest BCUT2D eigenvalue weighted by molar-refractivity contribution is 5.37. The second-order valence-corrected chi connectivity index (χ2v) is 3.86. The number of rotatable bonds is 0. The van der Waals surface area contributed by atoms with Crippen LogP contribution in [0.5, 0.6) is 0 Å². The van der Waals surface area contributed by atoms with E-state index in [-0.39, 0.29) is 0 Å². The number of allylic oxidation sites excluding steroid dienone is 2. The van der Waals surface area contributed by atoms with Crippen LogP contribution in [-0.2, 0) is 0 Å². The van der Waals surface area contributed by atoms with Crippen molar-refractivity contribution in [3.8, 4) is 0 Å². The monoisotopic (exact) mass is 124 g/mol. The van der Waals surface area contributed by atoms with Crippen LogP contribution in [0.2, 0.25) is 0 Å². The highest BCUT2D eigenvalue weighted by atomic mass is 14.5. The van der Waals surface area contributed by atoms with E-state index in [1.54, 1.807) is 5.57 Å².